The average molecular weight is 343 g/mol. The first kappa shape index (κ1) is 16.1. The Morgan fingerprint density at radius 1 is 1.04 bits per heavy atom. The van der Waals surface area contributed by atoms with E-state index in [2.05, 4.69) is 17.6 Å². The molecule has 24 heavy (non-hydrogen) atoms. The van der Waals surface area contributed by atoms with Gasteiger partial charge in [0.2, 0.25) is 5.91 Å². The summed E-state index contributed by atoms with van der Waals surface area (Å²) >= 11 is 5.39. The van der Waals surface area contributed by atoms with Crippen molar-refractivity contribution in [2.24, 2.45) is 23.2 Å². The summed E-state index contributed by atoms with van der Waals surface area (Å²) < 4.78 is 0. The lowest BCUT2D eigenvalue weighted by Gasteiger charge is -2.47. The van der Waals surface area contributed by atoms with Gasteiger partial charge in [-0.2, -0.15) is 0 Å². The fraction of sp³-hybridized carbons (Fsp3) is 0.600. The Hall–Kier alpha value is -1.42. The third kappa shape index (κ3) is 3.08. The summed E-state index contributed by atoms with van der Waals surface area (Å²) in [6.07, 6.45) is 8.54. The summed E-state index contributed by atoms with van der Waals surface area (Å²) in [6, 6.07) is 8.05. The molecule has 5 rings (SSSR count). The van der Waals surface area contributed by atoms with Crippen LogP contribution in [0.1, 0.15) is 50.5 Å². The van der Waals surface area contributed by atoms with E-state index >= 15 is 0 Å². The molecule has 4 bridgehead atoms. The molecule has 0 saturated heterocycles. The lowest BCUT2D eigenvalue weighted by molar-refractivity contribution is -0.136. The third-order valence-electron chi connectivity index (χ3n) is 6.37. The van der Waals surface area contributed by atoms with E-state index in [1.54, 1.807) is 0 Å². The number of fused-ring (bicyclic) bond motifs is 1. The topological polar surface area (TPSA) is 41.1 Å². The monoisotopic (exact) mass is 342 g/mol. The smallest absolute Gasteiger partial charge is 0.232 e. The first-order chi connectivity index (χ1) is 11.5. The molecule has 128 valence electrons. The molecule has 4 saturated carbocycles. The van der Waals surface area contributed by atoms with Gasteiger partial charge in [0.25, 0.3) is 0 Å². The molecule has 4 heteroatoms. The minimum Gasteiger partial charge on any atom is -0.332 e. The van der Waals surface area contributed by atoms with Gasteiger partial charge in [0.15, 0.2) is 5.11 Å². The maximum Gasteiger partial charge on any atom is 0.232 e. The summed E-state index contributed by atoms with van der Waals surface area (Å²) in [4.78, 5) is 13.1. The zero-order valence-corrected chi connectivity index (χ0v) is 15.1. The number of rotatable bonds is 2. The van der Waals surface area contributed by atoms with Crippen molar-refractivity contribution in [3.05, 3.63) is 29.8 Å². The van der Waals surface area contributed by atoms with Crippen LogP contribution in [0.4, 0.5) is 5.69 Å². The van der Waals surface area contributed by atoms with E-state index in [9.17, 15) is 4.79 Å². The van der Waals surface area contributed by atoms with Gasteiger partial charge in [-0.05, 0) is 81.1 Å². The van der Waals surface area contributed by atoms with E-state index in [1.165, 1.54) is 31.2 Å². The molecule has 0 heterocycles. The zero-order valence-electron chi connectivity index (χ0n) is 14.3. The van der Waals surface area contributed by atoms with Gasteiger partial charge in [0.05, 0.1) is 5.41 Å². The van der Waals surface area contributed by atoms with Crippen LogP contribution >= 0.6 is 12.2 Å². The van der Waals surface area contributed by atoms with E-state index in [0.717, 1.165) is 42.7 Å². The van der Waals surface area contributed by atoms with Crippen molar-refractivity contribution in [2.75, 3.05) is 5.32 Å². The van der Waals surface area contributed by atoms with Crippen molar-refractivity contribution in [1.82, 2.24) is 5.32 Å². The highest BCUT2D eigenvalue weighted by atomic mass is 32.1. The Labute approximate surface area is 149 Å². The van der Waals surface area contributed by atoms with Gasteiger partial charge in [-0.3, -0.25) is 4.79 Å². The Bertz CT molecular complexity index is 638. The molecule has 0 radical (unpaired) electrons. The van der Waals surface area contributed by atoms with E-state index in [0.29, 0.717) is 5.11 Å². The van der Waals surface area contributed by atoms with Crippen molar-refractivity contribution in [2.45, 2.75) is 51.9 Å². The van der Waals surface area contributed by atoms with Crippen LogP contribution in [0.25, 0.3) is 0 Å². The van der Waals surface area contributed by atoms with E-state index < -0.39 is 0 Å². The summed E-state index contributed by atoms with van der Waals surface area (Å²) in [6.45, 7) is 2.06. The summed E-state index contributed by atoms with van der Waals surface area (Å²) in [5.41, 5.74) is 1.97. The number of carbonyl (C=O) groups is 1. The molecule has 1 aromatic rings. The van der Waals surface area contributed by atoms with Crippen LogP contribution in [-0.4, -0.2) is 11.0 Å². The van der Waals surface area contributed by atoms with Crippen LogP contribution in [0.5, 0.6) is 0 Å². The average Bonchev–Trinajstić information content (AvgIpc) is 2.75. The molecule has 0 aromatic heterocycles. The standard InChI is InChI=1S/C20H26N2OS/c1-13-2-6-17(7-3-13)21-19(24)22-18(23)20-10-14-4-5-15(11-20)9-16(8-14)12-20/h2-3,6-7,14-16H,4-5,8-12H2,1H3,(H2,21,22,23,24)/t14-,15-,16?,20?/m0/s1. The van der Waals surface area contributed by atoms with Gasteiger partial charge >= 0.3 is 0 Å². The fourth-order valence-electron chi connectivity index (χ4n) is 5.50. The molecular weight excluding hydrogens is 316 g/mol. The largest absolute Gasteiger partial charge is 0.332 e. The van der Waals surface area contributed by atoms with Crippen molar-refractivity contribution in [1.29, 1.82) is 0 Å². The molecule has 1 amide bonds. The highest BCUT2D eigenvalue weighted by Crippen LogP contribution is 2.57. The SMILES string of the molecule is Cc1ccc(NC(=S)NC(=O)C23CC4C[C@H](CC[C@@H](C4)C2)C3)cc1. The Kier molecular flexibility index (Phi) is 4.11. The quantitative estimate of drug-likeness (QED) is 0.782. The Balaban J connectivity index is 1.44. The third-order valence-corrected chi connectivity index (χ3v) is 6.58. The maximum atomic E-state index is 13.1. The van der Waals surface area contributed by atoms with Gasteiger partial charge < -0.3 is 10.6 Å². The van der Waals surface area contributed by atoms with Crippen LogP contribution < -0.4 is 10.6 Å². The first-order valence-electron chi connectivity index (χ1n) is 9.21. The summed E-state index contributed by atoms with van der Waals surface area (Å²) in [5, 5.41) is 6.59. The van der Waals surface area contributed by atoms with Crippen molar-refractivity contribution >= 4 is 28.9 Å². The highest BCUT2D eigenvalue weighted by Gasteiger charge is 2.52. The van der Waals surface area contributed by atoms with Crippen molar-refractivity contribution in [3.63, 3.8) is 0 Å². The van der Waals surface area contributed by atoms with Gasteiger partial charge in [-0.1, -0.05) is 30.5 Å². The number of aryl methyl sites for hydroxylation is 1. The molecular formula is C20H26N2OS. The van der Waals surface area contributed by atoms with E-state index in [4.69, 9.17) is 12.2 Å². The predicted octanol–water partition coefficient (Wildman–Crippen LogP) is 4.41. The molecule has 0 spiro atoms. The van der Waals surface area contributed by atoms with Gasteiger partial charge in [0.1, 0.15) is 0 Å². The number of amides is 1. The number of benzene rings is 1. The second kappa shape index (κ2) is 6.14. The lowest BCUT2D eigenvalue weighted by Crippen LogP contribution is -2.50. The van der Waals surface area contributed by atoms with Crippen molar-refractivity contribution in [3.8, 4) is 0 Å². The lowest BCUT2D eigenvalue weighted by atomic mass is 9.58. The van der Waals surface area contributed by atoms with Gasteiger partial charge in [-0.25, -0.2) is 0 Å². The minimum absolute atomic E-state index is 0.161. The molecule has 0 unspecified atom stereocenters. The normalized spacial score (nSPS) is 33.8. The second-order valence-electron chi connectivity index (χ2n) is 8.31. The Morgan fingerprint density at radius 2 is 1.62 bits per heavy atom. The fourth-order valence-corrected chi connectivity index (χ4v) is 5.71. The molecule has 4 fully saturated rings. The van der Waals surface area contributed by atoms with Crippen LogP contribution in [0.3, 0.4) is 0 Å². The molecule has 0 aliphatic heterocycles. The van der Waals surface area contributed by atoms with Crippen LogP contribution in [0, 0.1) is 30.1 Å². The molecule has 4 aliphatic rings. The van der Waals surface area contributed by atoms with Gasteiger partial charge in [-0.15, -0.1) is 0 Å². The maximum absolute atomic E-state index is 13.1. The summed E-state index contributed by atoms with van der Waals surface area (Å²) in [5.74, 6) is 2.42. The first-order valence-corrected chi connectivity index (χ1v) is 9.62. The number of thiocarbonyl (C=S) groups is 1. The van der Waals surface area contributed by atoms with E-state index in [1.807, 2.05) is 24.3 Å². The second-order valence-corrected chi connectivity index (χ2v) is 8.72. The van der Waals surface area contributed by atoms with Crippen LogP contribution in [0.2, 0.25) is 0 Å². The van der Waals surface area contributed by atoms with Crippen LogP contribution in [-0.2, 0) is 4.79 Å². The molecule has 2 N–H and O–H groups in total. The molecule has 1 aromatic carbocycles. The number of carbonyl (C=O) groups excluding carboxylic acids is 1. The zero-order chi connectivity index (χ0) is 16.7. The number of nitrogens with one attached hydrogen (secondary N) is 2. The predicted molar refractivity (Wildman–Crippen MR) is 101 cm³/mol. The number of hydrogen-bond acceptors (Lipinski definition) is 2. The molecule has 4 aliphatic carbocycles. The van der Waals surface area contributed by atoms with Crippen molar-refractivity contribution < 1.29 is 4.79 Å². The van der Waals surface area contributed by atoms with Crippen LogP contribution in [0.15, 0.2) is 24.3 Å². The molecule has 3 nitrogen and oxygen atoms in total. The number of hydrogen-bond donors (Lipinski definition) is 2. The Morgan fingerprint density at radius 3 is 2.25 bits per heavy atom. The van der Waals surface area contributed by atoms with Gasteiger partial charge in [0, 0.05) is 5.69 Å². The number of anilines is 1. The molecule has 2 atom stereocenters. The summed E-state index contributed by atoms with van der Waals surface area (Å²) in [7, 11) is 0. The highest BCUT2D eigenvalue weighted by molar-refractivity contribution is 7.80. The minimum atomic E-state index is -0.161. The van der Waals surface area contributed by atoms with E-state index in [-0.39, 0.29) is 11.3 Å².